The van der Waals surface area contributed by atoms with Crippen LogP contribution in [0.1, 0.15) is 48.6 Å². The SMILES string of the molecule is COCc1cccc(COC)c1P(c1cccc(C(C)(C)C)c1O)c1c(C)cccc1C. The summed E-state index contributed by atoms with van der Waals surface area (Å²) >= 11 is 0. The Morgan fingerprint density at radius 3 is 1.75 bits per heavy atom. The first-order chi connectivity index (χ1) is 15.2. The monoisotopic (exact) mass is 450 g/mol. The highest BCUT2D eigenvalue weighted by Gasteiger charge is 2.30. The van der Waals surface area contributed by atoms with Crippen LogP contribution in [0, 0.1) is 13.8 Å². The van der Waals surface area contributed by atoms with Gasteiger partial charge in [-0.05, 0) is 65.6 Å². The van der Waals surface area contributed by atoms with Crippen LogP contribution in [0.5, 0.6) is 5.75 Å². The van der Waals surface area contributed by atoms with Gasteiger partial charge in [0.2, 0.25) is 0 Å². The van der Waals surface area contributed by atoms with Gasteiger partial charge in [0.05, 0.1) is 13.2 Å². The molecule has 0 aliphatic carbocycles. The van der Waals surface area contributed by atoms with E-state index in [0.29, 0.717) is 19.0 Å². The van der Waals surface area contributed by atoms with Crippen LogP contribution in [0.4, 0.5) is 0 Å². The van der Waals surface area contributed by atoms with Crippen LogP contribution in [0.2, 0.25) is 0 Å². The summed E-state index contributed by atoms with van der Waals surface area (Å²) < 4.78 is 11.2. The summed E-state index contributed by atoms with van der Waals surface area (Å²) in [4.78, 5) is 0. The number of ether oxygens (including phenoxy) is 2. The number of aromatic hydroxyl groups is 1. The van der Waals surface area contributed by atoms with Crippen molar-refractivity contribution in [2.24, 2.45) is 0 Å². The molecule has 3 rings (SSSR count). The zero-order valence-corrected chi connectivity index (χ0v) is 21.2. The third kappa shape index (κ3) is 4.91. The first kappa shape index (κ1) is 24.5. The normalized spacial score (nSPS) is 12.7. The molecule has 0 aromatic heterocycles. The molecule has 0 aliphatic heterocycles. The van der Waals surface area contributed by atoms with E-state index in [1.165, 1.54) is 21.7 Å². The van der Waals surface area contributed by atoms with E-state index >= 15 is 0 Å². The molecule has 4 heteroatoms. The summed E-state index contributed by atoms with van der Waals surface area (Å²) in [5.74, 6) is 0.393. The van der Waals surface area contributed by atoms with E-state index in [1.807, 2.05) is 6.07 Å². The van der Waals surface area contributed by atoms with Gasteiger partial charge in [0.1, 0.15) is 5.75 Å². The quantitative estimate of drug-likeness (QED) is 0.493. The fourth-order valence-corrected chi connectivity index (χ4v) is 7.28. The van der Waals surface area contributed by atoms with Crippen molar-refractivity contribution >= 4 is 23.8 Å². The third-order valence-electron chi connectivity index (χ3n) is 5.75. The lowest BCUT2D eigenvalue weighted by molar-refractivity contribution is 0.181. The molecule has 0 fully saturated rings. The maximum atomic E-state index is 11.6. The minimum atomic E-state index is -1.05. The number of methoxy groups -OCH3 is 2. The molecule has 3 aromatic rings. The standard InChI is InChI=1S/C28H35O3P/c1-19-11-8-12-20(2)26(19)32(24-16-10-15-23(25(24)29)28(3,4)5)27-21(17-30-6)13-9-14-22(27)18-31-7/h8-16,29H,17-18H2,1-7H3. The molecule has 0 spiro atoms. The van der Waals surface area contributed by atoms with Crippen molar-refractivity contribution in [2.45, 2.75) is 53.2 Å². The highest BCUT2D eigenvalue weighted by molar-refractivity contribution is 7.80. The molecule has 3 nitrogen and oxygen atoms in total. The number of para-hydroxylation sites is 1. The number of hydrogen-bond donors (Lipinski definition) is 1. The first-order valence-corrected chi connectivity index (χ1v) is 12.3. The number of benzene rings is 3. The molecule has 32 heavy (non-hydrogen) atoms. The lowest BCUT2D eigenvalue weighted by atomic mass is 9.86. The average Bonchev–Trinajstić information content (AvgIpc) is 2.72. The Labute approximate surface area is 194 Å². The van der Waals surface area contributed by atoms with E-state index in [-0.39, 0.29) is 5.41 Å². The van der Waals surface area contributed by atoms with E-state index < -0.39 is 7.92 Å². The van der Waals surface area contributed by atoms with Crippen LogP contribution in [0.25, 0.3) is 0 Å². The van der Waals surface area contributed by atoms with Crippen LogP contribution < -0.4 is 15.9 Å². The maximum Gasteiger partial charge on any atom is 0.127 e. The number of phenolic OH excluding ortho intramolecular Hbond substituents is 1. The van der Waals surface area contributed by atoms with Crippen molar-refractivity contribution in [1.82, 2.24) is 0 Å². The van der Waals surface area contributed by atoms with E-state index in [4.69, 9.17) is 9.47 Å². The Morgan fingerprint density at radius 1 is 0.750 bits per heavy atom. The molecule has 0 saturated carbocycles. The predicted molar refractivity (Wildman–Crippen MR) is 136 cm³/mol. The number of hydrogen-bond acceptors (Lipinski definition) is 3. The van der Waals surface area contributed by atoms with Gasteiger partial charge in [-0.25, -0.2) is 0 Å². The van der Waals surface area contributed by atoms with Crippen LogP contribution >= 0.6 is 7.92 Å². The zero-order chi connectivity index (χ0) is 23.5. The first-order valence-electron chi connectivity index (χ1n) is 11.0. The Kier molecular flexibility index (Phi) is 7.77. The van der Waals surface area contributed by atoms with Gasteiger partial charge in [-0.15, -0.1) is 0 Å². The molecule has 0 aliphatic rings. The highest BCUT2D eigenvalue weighted by Crippen LogP contribution is 2.43. The van der Waals surface area contributed by atoms with Crippen LogP contribution in [-0.2, 0) is 28.1 Å². The third-order valence-corrected chi connectivity index (χ3v) is 8.77. The summed E-state index contributed by atoms with van der Waals surface area (Å²) in [6.07, 6.45) is 0. The molecule has 1 atom stereocenters. The van der Waals surface area contributed by atoms with Gasteiger partial charge in [-0.1, -0.05) is 75.4 Å². The Morgan fingerprint density at radius 2 is 1.25 bits per heavy atom. The van der Waals surface area contributed by atoms with Gasteiger partial charge in [0, 0.05) is 19.5 Å². The number of aryl methyl sites for hydroxylation is 2. The van der Waals surface area contributed by atoms with Crippen molar-refractivity contribution in [2.75, 3.05) is 14.2 Å². The van der Waals surface area contributed by atoms with Gasteiger partial charge in [0.25, 0.3) is 0 Å². The molecule has 0 radical (unpaired) electrons. The van der Waals surface area contributed by atoms with Gasteiger partial charge >= 0.3 is 0 Å². The molecular weight excluding hydrogens is 415 g/mol. The van der Waals surface area contributed by atoms with Gasteiger partial charge in [-0.2, -0.15) is 0 Å². The van der Waals surface area contributed by atoms with Gasteiger partial charge in [-0.3, -0.25) is 0 Å². The van der Waals surface area contributed by atoms with Crippen molar-refractivity contribution in [3.05, 3.63) is 82.4 Å². The highest BCUT2D eigenvalue weighted by atomic mass is 31.1. The van der Waals surface area contributed by atoms with Crippen LogP contribution in [0.3, 0.4) is 0 Å². The zero-order valence-electron chi connectivity index (χ0n) is 20.3. The minimum absolute atomic E-state index is 0.163. The topological polar surface area (TPSA) is 38.7 Å². The molecular formula is C28H35O3P. The lowest BCUT2D eigenvalue weighted by Gasteiger charge is -2.30. The van der Waals surface area contributed by atoms with Crippen molar-refractivity contribution < 1.29 is 14.6 Å². The molecule has 3 aromatic carbocycles. The number of phenols is 1. The minimum Gasteiger partial charge on any atom is -0.507 e. The second-order valence-electron chi connectivity index (χ2n) is 9.29. The van der Waals surface area contributed by atoms with Crippen LogP contribution in [0.15, 0.2) is 54.6 Å². The lowest BCUT2D eigenvalue weighted by Crippen LogP contribution is -2.30. The molecule has 0 bridgehead atoms. The predicted octanol–water partition coefficient (Wildman–Crippen LogP) is 5.36. The Balaban J connectivity index is 2.43. The molecule has 0 amide bonds. The second-order valence-corrected chi connectivity index (χ2v) is 11.3. The maximum absolute atomic E-state index is 11.6. The molecule has 1 unspecified atom stereocenters. The summed E-state index contributed by atoms with van der Waals surface area (Å²) in [5.41, 5.74) is 5.53. The molecule has 0 saturated heterocycles. The summed E-state index contributed by atoms with van der Waals surface area (Å²) in [5, 5.41) is 15.1. The summed E-state index contributed by atoms with van der Waals surface area (Å²) in [7, 11) is 2.41. The van der Waals surface area contributed by atoms with Gasteiger partial charge < -0.3 is 14.6 Å². The van der Waals surface area contributed by atoms with E-state index in [9.17, 15) is 5.11 Å². The Hall–Kier alpha value is -2.19. The largest absolute Gasteiger partial charge is 0.507 e. The van der Waals surface area contributed by atoms with Crippen molar-refractivity contribution in [3.63, 3.8) is 0 Å². The molecule has 1 N–H and O–H groups in total. The fraction of sp³-hybridized carbons (Fsp3) is 0.357. The van der Waals surface area contributed by atoms with Crippen molar-refractivity contribution in [3.8, 4) is 5.75 Å². The van der Waals surface area contributed by atoms with E-state index in [1.54, 1.807) is 14.2 Å². The molecule has 0 heterocycles. The fourth-order valence-electron chi connectivity index (χ4n) is 4.30. The Bertz CT molecular complexity index is 1040. The second kappa shape index (κ2) is 10.2. The van der Waals surface area contributed by atoms with Gasteiger partial charge in [0.15, 0.2) is 0 Å². The van der Waals surface area contributed by atoms with Crippen molar-refractivity contribution in [1.29, 1.82) is 0 Å². The number of rotatable bonds is 7. The average molecular weight is 451 g/mol. The van der Waals surface area contributed by atoms with E-state index in [2.05, 4.69) is 83.1 Å². The smallest absolute Gasteiger partial charge is 0.127 e. The molecule has 170 valence electrons. The summed E-state index contributed by atoms with van der Waals surface area (Å²) in [6, 6.07) is 19.0. The van der Waals surface area contributed by atoms with E-state index in [0.717, 1.165) is 22.0 Å². The summed E-state index contributed by atoms with van der Waals surface area (Å²) in [6.45, 7) is 11.8. The van der Waals surface area contributed by atoms with Crippen LogP contribution in [-0.4, -0.2) is 19.3 Å².